The van der Waals surface area contributed by atoms with Gasteiger partial charge in [-0.05, 0) is 5.57 Å². The van der Waals surface area contributed by atoms with Crippen LogP contribution in [0.1, 0.15) is 6.42 Å². The molecule has 0 aromatic rings. The van der Waals surface area contributed by atoms with Crippen LogP contribution in [0.5, 0.6) is 0 Å². The summed E-state index contributed by atoms with van der Waals surface area (Å²) < 4.78 is 22.1. The van der Waals surface area contributed by atoms with Crippen LogP contribution in [0, 0.1) is 0 Å². The summed E-state index contributed by atoms with van der Waals surface area (Å²) in [6, 6.07) is 0. The van der Waals surface area contributed by atoms with Gasteiger partial charge in [0.25, 0.3) is 0 Å². The number of hydrogen-bond donors (Lipinski definition) is 0. The molecule has 0 amide bonds. The number of carbonyl (C=O) groups excluding carboxylic acids is 1. The van der Waals surface area contributed by atoms with Crippen molar-refractivity contribution in [2.24, 2.45) is 0 Å². The average molecular weight is 200 g/mol. The molecule has 2 aliphatic rings. The lowest BCUT2D eigenvalue weighted by Gasteiger charge is -2.14. The van der Waals surface area contributed by atoms with E-state index in [9.17, 15) is 9.36 Å². The van der Waals surface area contributed by atoms with Crippen LogP contribution < -0.4 is 0 Å². The largest absolute Gasteiger partial charge is 0.337 e. The van der Waals surface area contributed by atoms with Crippen LogP contribution in [-0.4, -0.2) is 32.4 Å². The van der Waals surface area contributed by atoms with Crippen molar-refractivity contribution in [3.05, 3.63) is 11.6 Å². The number of rotatable bonds is 2. The van der Waals surface area contributed by atoms with Crippen LogP contribution in [-0.2, 0) is 18.4 Å². The lowest BCUT2D eigenvalue weighted by molar-refractivity contribution is -0.109. The Morgan fingerprint density at radius 2 is 2.54 bits per heavy atom. The van der Waals surface area contributed by atoms with Crippen molar-refractivity contribution >= 4 is 21.1 Å². The summed E-state index contributed by atoms with van der Waals surface area (Å²) in [5, 5.41) is 0. The first kappa shape index (κ1) is 9.19. The predicted molar refractivity (Wildman–Crippen MR) is 49.5 cm³/mol. The highest BCUT2D eigenvalue weighted by atomic mass is 31.2. The van der Waals surface area contributed by atoms with E-state index in [0.717, 1.165) is 12.0 Å². The van der Waals surface area contributed by atoms with Crippen LogP contribution in [0.2, 0.25) is 0 Å². The average Bonchev–Trinajstić information content (AvgIpc) is 2.63. The fourth-order valence-corrected chi connectivity index (χ4v) is 2.98. The molecule has 0 aromatic heterocycles. The molecule has 0 aromatic carbocycles. The first-order valence-corrected chi connectivity index (χ1v) is 5.92. The van der Waals surface area contributed by atoms with Crippen molar-refractivity contribution in [1.29, 1.82) is 0 Å². The highest BCUT2D eigenvalue weighted by molar-refractivity contribution is 7.55. The van der Waals surface area contributed by atoms with Crippen LogP contribution in [0.3, 0.4) is 0 Å². The van der Waals surface area contributed by atoms with Gasteiger partial charge in [0.15, 0.2) is 7.85 Å². The summed E-state index contributed by atoms with van der Waals surface area (Å²) >= 11 is 0. The van der Waals surface area contributed by atoms with Gasteiger partial charge in [0.2, 0.25) is 0 Å². The standard InChI is InChI=1S/C7H10BO4P/c8-7(9)4-13(10)11-2-1-5-3-6(5)12-13/h1,6H,2-4,8H2/t6-,13?/m1/s1. The molecule has 1 heterocycles. The highest BCUT2D eigenvalue weighted by Gasteiger charge is 2.41. The molecule has 0 radical (unpaired) electrons. The molecule has 2 rings (SSSR count). The third-order valence-electron chi connectivity index (χ3n) is 2.00. The Morgan fingerprint density at radius 3 is 3.23 bits per heavy atom. The summed E-state index contributed by atoms with van der Waals surface area (Å²) in [6.45, 7) is 0.302. The Morgan fingerprint density at radius 1 is 1.77 bits per heavy atom. The Balaban J connectivity index is 2.07. The van der Waals surface area contributed by atoms with Crippen LogP contribution >= 0.6 is 7.60 Å². The number of carbonyl (C=O) groups is 1. The van der Waals surface area contributed by atoms with E-state index in [1.807, 2.05) is 6.08 Å². The molecular weight excluding hydrogens is 190 g/mol. The van der Waals surface area contributed by atoms with Gasteiger partial charge in [-0.25, -0.2) is 0 Å². The quantitative estimate of drug-likeness (QED) is 0.360. The van der Waals surface area contributed by atoms with E-state index < -0.39 is 7.60 Å². The maximum Gasteiger partial charge on any atom is 0.337 e. The van der Waals surface area contributed by atoms with Crippen molar-refractivity contribution in [2.75, 3.05) is 12.8 Å². The first-order valence-electron chi connectivity index (χ1n) is 4.19. The summed E-state index contributed by atoms with van der Waals surface area (Å²) in [4.78, 5) is 10.8. The first-order chi connectivity index (χ1) is 6.09. The Bertz CT molecular complexity index is 324. The molecule has 70 valence electrons. The monoisotopic (exact) mass is 200 g/mol. The molecule has 1 aliphatic heterocycles. The number of hydrogen-bond acceptors (Lipinski definition) is 4. The minimum atomic E-state index is -3.13. The Labute approximate surface area is 77.2 Å². The van der Waals surface area contributed by atoms with Gasteiger partial charge in [-0.1, -0.05) is 6.08 Å². The van der Waals surface area contributed by atoms with Crippen molar-refractivity contribution in [3.8, 4) is 0 Å². The van der Waals surface area contributed by atoms with Gasteiger partial charge in [-0.15, -0.1) is 0 Å². The minimum Gasteiger partial charge on any atom is -0.311 e. The molecule has 0 bridgehead atoms. The smallest absolute Gasteiger partial charge is 0.311 e. The second-order valence-electron chi connectivity index (χ2n) is 3.34. The van der Waals surface area contributed by atoms with Crippen LogP contribution in [0.4, 0.5) is 0 Å². The maximum atomic E-state index is 11.8. The van der Waals surface area contributed by atoms with E-state index in [1.165, 1.54) is 7.85 Å². The molecule has 2 atom stereocenters. The van der Waals surface area contributed by atoms with Crippen LogP contribution in [0.25, 0.3) is 0 Å². The summed E-state index contributed by atoms with van der Waals surface area (Å²) in [6.07, 6.45) is 2.56. The van der Waals surface area contributed by atoms with E-state index in [-0.39, 0.29) is 17.9 Å². The molecule has 1 aliphatic carbocycles. The molecule has 1 unspecified atom stereocenters. The molecule has 1 fully saturated rings. The van der Waals surface area contributed by atoms with Gasteiger partial charge in [0.05, 0.1) is 24.6 Å². The van der Waals surface area contributed by atoms with Gasteiger partial charge in [-0.3, -0.25) is 4.57 Å². The van der Waals surface area contributed by atoms with Gasteiger partial charge in [0.1, 0.15) is 0 Å². The topological polar surface area (TPSA) is 52.6 Å². The number of fused-ring (bicyclic) bond motifs is 1. The van der Waals surface area contributed by atoms with Gasteiger partial charge in [0, 0.05) is 6.42 Å². The SMILES string of the molecule is BC(=O)CP1(=O)OCC=C2C[C@H]2O1. The van der Waals surface area contributed by atoms with Crippen molar-refractivity contribution < 1.29 is 18.4 Å². The highest BCUT2D eigenvalue weighted by Crippen LogP contribution is 2.56. The fourth-order valence-electron chi connectivity index (χ4n) is 1.31. The molecule has 13 heavy (non-hydrogen) atoms. The van der Waals surface area contributed by atoms with Crippen LogP contribution in [0.15, 0.2) is 11.6 Å². The third-order valence-corrected chi connectivity index (χ3v) is 3.95. The van der Waals surface area contributed by atoms with Crippen molar-refractivity contribution in [1.82, 2.24) is 0 Å². The second kappa shape index (κ2) is 3.09. The summed E-state index contributed by atoms with van der Waals surface area (Å²) in [7, 11) is -1.74. The van der Waals surface area contributed by atoms with Crippen molar-refractivity contribution in [2.45, 2.75) is 12.5 Å². The Hall–Kier alpha value is -0.375. The Kier molecular flexibility index (Phi) is 2.18. The lowest BCUT2D eigenvalue weighted by Crippen LogP contribution is -2.09. The van der Waals surface area contributed by atoms with E-state index in [0.29, 0.717) is 6.61 Å². The molecule has 4 nitrogen and oxygen atoms in total. The summed E-state index contributed by atoms with van der Waals surface area (Å²) in [5.41, 5.74) is 0.980. The molecule has 0 spiro atoms. The normalized spacial score (nSPS) is 37.2. The van der Waals surface area contributed by atoms with Gasteiger partial charge >= 0.3 is 7.60 Å². The summed E-state index contributed by atoms with van der Waals surface area (Å²) in [5.74, 6) is 0. The second-order valence-corrected chi connectivity index (χ2v) is 5.35. The van der Waals surface area contributed by atoms with Gasteiger partial charge < -0.3 is 13.8 Å². The fraction of sp³-hybridized carbons (Fsp3) is 0.571. The van der Waals surface area contributed by atoms with E-state index in [2.05, 4.69) is 0 Å². The minimum absolute atomic E-state index is 0.0484. The lowest BCUT2D eigenvalue weighted by atomic mass is 10.1. The van der Waals surface area contributed by atoms with E-state index in [1.54, 1.807) is 0 Å². The zero-order valence-electron chi connectivity index (χ0n) is 7.36. The third kappa shape index (κ3) is 2.10. The molecule has 0 N–H and O–H groups in total. The van der Waals surface area contributed by atoms with Crippen molar-refractivity contribution in [3.63, 3.8) is 0 Å². The van der Waals surface area contributed by atoms with Gasteiger partial charge in [-0.2, -0.15) is 0 Å². The molecule has 6 heteroatoms. The molecular formula is C7H10BO4P. The maximum absolute atomic E-state index is 11.8. The molecule has 1 saturated carbocycles. The van der Waals surface area contributed by atoms with E-state index >= 15 is 0 Å². The zero-order valence-corrected chi connectivity index (χ0v) is 8.25. The predicted octanol–water partition coefficient (Wildman–Crippen LogP) is 0.0847. The van der Waals surface area contributed by atoms with E-state index in [4.69, 9.17) is 9.05 Å². The zero-order chi connectivity index (χ0) is 9.47. The molecule has 0 saturated heterocycles.